The topological polar surface area (TPSA) is 131 Å². The lowest BCUT2D eigenvalue weighted by Crippen LogP contribution is -2.36. The minimum atomic E-state index is -0.0500. The van der Waals surface area contributed by atoms with Crippen molar-refractivity contribution < 1.29 is 14.4 Å². The van der Waals surface area contributed by atoms with Crippen LogP contribution in [0.1, 0.15) is 52.4 Å². The van der Waals surface area contributed by atoms with Gasteiger partial charge < -0.3 is 27.0 Å². The van der Waals surface area contributed by atoms with Crippen LogP contribution in [0.25, 0.3) is 0 Å². The van der Waals surface area contributed by atoms with Gasteiger partial charge in [0.1, 0.15) is 5.78 Å². The Balaban J connectivity index is 4.30. The molecule has 0 aromatic heterocycles. The zero-order valence-electron chi connectivity index (χ0n) is 17.1. The largest absolute Gasteiger partial charge is 0.355 e. The second kappa shape index (κ2) is 16.6. The molecule has 0 heterocycles. The molecule has 0 radical (unpaired) electrons. The number of nitrogens with one attached hydrogen (secondary N) is 2. The molecule has 158 valence electrons. The monoisotopic (exact) mass is 385 g/mol. The third-order valence-corrected chi connectivity index (χ3v) is 4.17. The number of nitrogens with two attached hydrogens (primary N) is 2. The maximum atomic E-state index is 11.9. The van der Waals surface area contributed by atoms with Crippen LogP contribution in [0.3, 0.4) is 0 Å². The van der Waals surface area contributed by atoms with Crippen molar-refractivity contribution in [2.45, 2.75) is 52.4 Å². The molecule has 6 N–H and O–H groups in total. The highest BCUT2D eigenvalue weighted by Gasteiger charge is 2.12. The summed E-state index contributed by atoms with van der Waals surface area (Å²) in [6.45, 7) is 7.78. The van der Waals surface area contributed by atoms with Gasteiger partial charge in [-0.15, -0.1) is 0 Å². The van der Waals surface area contributed by atoms with Crippen LogP contribution in [0.5, 0.6) is 0 Å². The molecule has 0 saturated heterocycles. The molecule has 0 rings (SSSR count). The molecule has 27 heavy (non-hydrogen) atoms. The summed E-state index contributed by atoms with van der Waals surface area (Å²) in [7, 11) is 0. The van der Waals surface area contributed by atoms with E-state index < -0.39 is 0 Å². The van der Waals surface area contributed by atoms with Crippen molar-refractivity contribution in [2.75, 3.05) is 45.8 Å². The van der Waals surface area contributed by atoms with Crippen molar-refractivity contribution in [1.82, 2.24) is 15.5 Å². The SMILES string of the molecule is CC(C)CCC(=O)CCCN(CCC(=O)NCCN)CCC(=O)NCCN. The average Bonchev–Trinajstić information content (AvgIpc) is 2.64. The van der Waals surface area contributed by atoms with Gasteiger partial charge in [0.15, 0.2) is 0 Å². The minimum Gasteiger partial charge on any atom is -0.355 e. The van der Waals surface area contributed by atoms with E-state index in [0.29, 0.717) is 77.4 Å². The molecule has 0 aliphatic heterocycles. The zero-order valence-corrected chi connectivity index (χ0v) is 17.1. The van der Waals surface area contributed by atoms with Gasteiger partial charge in [-0.2, -0.15) is 0 Å². The van der Waals surface area contributed by atoms with Crippen LogP contribution < -0.4 is 22.1 Å². The maximum absolute atomic E-state index is 11.9. The summed E-state index contributed by atoms with van der Waals surface area (Å²) in [4.78, 5) is 37.5. The fourth-order valence-corrected chi connectivity index (χ4v) is 2.53. The smallest absolute Gasteiger partial charge is 0.221 e. The molecule has 0 spiro atoms. The van der Waals surface area contributed by atoms with Gasteiger partial charge in [-0.3, -0.25) is 14.4 Å². The van der Waals surface area contributed by atoms with Crippen LogP contribution in [0.4, 0.5) is 0 Å². The first-order chi connectivity index (χ1) is 12.9. The summed E-state index contributed by atoms with van der Waals surface area (Å²) in [5.74, 6) is 0.714. The third kappa shape index (κ3) is 16.4. The van der Waals surface area contributed by atoms with E-state index >= 15 is 0 Å². The van der Waals surface area contributed by atoms with Crippen LogP contribution in [-0.4, -0.2) is 68.3 Å². The number of ketones is 1. The Kier molecular flexibility index (Phi) is 15.7. The number of hydrogen-bond acceptors (Lipinski definition) is 6. The van der Waals surface area contributed by atoms with E-state index in [0.717, 1.165) is 12.8 Å². The molecule has 8 heteroatoms. The van der Waals surface area contributed by atoms with E-state index in [-0.39, 0.29) is 17.6 Å². The standard InChI is InChI=1S/C19H39N5O3/c1-16(2)5-6-17(25)4-3-13-24(14-7-18(26)22-11-9-20)15-8-19(27)23-12-10-21/h16H,3-15,20-21H2,1-2H3,(H,22,26)(H,23,27). The minimum absolute atomic E-state index is 0.0500. The number of nitrogens with zero attached hydrogens (tertiary/aromatic N) is 1. The summed E-state index contributed by atoms with van der Waals surface area (Å²) in [6.07, 6.45) is 3.54. The Morgan fingerprint density at radius 1 is 0.815 bits per heavy atom. The molecule has 0 aliphatic carbocycles. The number of hydrogen-bond donors (Lipinski definition) is 4. The van der Waals surface area contributed by atoms with Crippen molar-refractivity contribution in [3.8, 4) is 0 Å². The molecule has 0 aliphatic rings. The summed E-state index contributed by atoms with van der Waals surface area (Å²) in [5.41, 5.74) is 10.8. The lowest BCUT2D eigenvalue weighted by Gasteiger charge is -2.22. The van der Waals surface area contributed by atoms with Gasteiger partial charge >= 0.3 is 0 Å². The molecule has 2 amide bonds. The highest BCUT2D eigenvalue weighted by atomic mass is 16.2. The molecule has 0 unspecified atom stereocenters. The zero-order chi connectivity index (χ0) is 20.5. The highest BCUT2D eigenvalue weighted by molar-refractivity contribution is 5.78. The van der Waals surface area contributed by atoms with E-state index in [9.17, 15) is 14.4 Å². The fraction of sp³-hybridized carbons (Fsp3) is 0.842. The van der Waals surface area contributed by atoms with Gasteiger partial charge in [0, 0.05) is 65.0 Å². The summed E-state index contributed by atoms with van der Waals surface area (Å²) in [5, 5.41) is 5.49. The number of amides is 2. The molecule has 0 aromatic rings. The van der Waals surface area contributed by atoms with Crippen molar-refractivity contribution in [2.24, 2.45) is 17.4 Å². The van der Waals surface area contributed by atoms with Crippen LogP contribution in [0.2, 0.25) is 0 Å². The van der Waals surface area contributed by atoms with Crippen LogP contribution in [0.15, 0.2) is 0 Å². The predicted octanol–water partition coefficient (Wildman–Crippen LogP) is 0.00390. The van der Waals surface area contributed by atoms with Crippen molar-refractivity contribution >= 4 is 17.6 Å². The van der Waals surface area contributed by atoms with Gasteiger partial charge in [-0.1, -0.05) is 13.8 Å². The normalized spacial score (nSPS) is 11.0. The second-order valence-electron chi connectivity index (χ2n) is 7.19. The molecule has 0 atom stereocenters. The van der Waals surface area contributed by atoms with Crippen LogP contribution in [-0.2, 0) is 14.4 Å². The van der Waals surface area contributed by atoms with Gasteiger partial charge in [0.05, 0.1) is 0 Å². The van der Waals surface area contributed by atoms with Crippen LogP contribution in [0, 0.1) is 5.92 Å². The first-order valence-electron chi connectivity index (χ1n) is 10.1. The molecule has 0 aromatic carbocycles. The van der Waals surface area contributed by atoms with E-state index in [1.165, 1.54) is 0 Å². The molecule has 0 saturated carbocycles. The first kappa shape index (κ1) is 25.5. The van der Waals surface area contributed by atoms with Crippen molar-refractivity contribution in [3.05, 3.63) is 0 Å². The lowest BCUT2D eigenvalue weighted by atomic mass is 10.0. The van der Waals surface area contributed by atoms with E-state index in [1.807, 2.05) is 0 Å². The predicted molar refractivity (Wildman–Crippen MR) is 108 cm³/mol. The van der Waals surface area contributed by atoms with Crippen molar-refractivity contribution in [3.63, 3.8) is 0 Å². The molecule has 0 bridgehead atoms. The summed E-state index contributed by atoms with van der Waals surface area (Å²) in [6, 6.07) is 0. The Morgan fingerprint density at radius 2 is 1.33 bits per heavy atom. The molecule has 0 fully saturated rings. The Hall–Kier alpha value is -1.51. The Bertz CT molecular complexity index is 406. The highest BCUT2D eigenvalue weighted by Crippen LogP contribution is 2.07. The number of carbonyl (C=O) groups excluding carboxylic acids is 3. The van der Waals surface area contributed by atoms with E-state index in [4.69, 9.17) is 11.5 Å². The Morgan fingerprint density at radius 3 is 1.78 bits per heavy atom. The maximum Gasteiger partial charge on any atom is 0.221 e. The van der Waals surface area contributed by atoms with Gasteiger partial charge in [-0.05, 0) is 25.3 Å². The van der Waals surface area contributed by atoms with Crippen LogP contribution >= 0.6 is 0 Å². The molecule has 8 nitrogen and oxygen atoms in total. The number of Topliss-reactive ketones (excluding diaryl/α,β-unsaturated/α-hetero) is 1. The Labute approximate surface area is 163 Å². The van der Waals surface area contributed by atoms with Gasteiger partial charge in [-0.25, -0.2) is 0 Å². The lowest BCUT2D eigenvalue weighted by molar-refractivity contribution is -0.122. The summed E-state index contributed by atoms with van der Waals surface area (Å²) < 4.78 is 0. The van der Waals surface area contributed by atoms with E-state index in [2.05, 4.69) is 29.4 Å². The number of rotatable bonds is 17. The number of carbonyl (C=O) groups is 3. The fourth-order valence-electron chi connectivity index (χ4n) is 2.53. The quantitative estimate of drug-likeness (QED) is 0.279. The van der Waals surface area contributed by atoms with E-state index in [1.54, 1.807) is 0 Å². The first-order valence-corrected chi connectivity index (χ1v) is 10.1. The third-order valence-electron chi connectivity index (χ3n) is 4.17. The van der Waals surface area contributed by atoms with Gasteiger partial charge in [0.25, 0.3) is 0 Å². The second-order valence-corrected chi connectivity index (χ2v) is 7.19. The molecular weight excluding hydrogens is 346 g/mol. The summed E-state index contributed by atoms with van der Waals surface area (Å²) >= 11 is 0. The van der Waals surface area contributed by atoms with Gasteiger partial charge in [0.2, 0.25) is 11.8 Å². The molecular formula is C19H39N5O3. The van der Waals surface area contributed by atoms with Crippen molar-refractivity contribution in [1.29, 1.82) is 0 Å². The average molecular weight is 386 g/mol.